The van der Waals surface area contributed by atoms with E-state index in [1.807, 2.05) is 14.0 Å². The van der Waals surface area contributed by atoms with Gasteiger partial charge in [0.05, 0.1) is 20.3 Å². The summed E-state index contributed by atoms with van der Waals surface area (Å²) in [6.07, 6.45) is 0. The van der Waals surface area contributed by atoms with Crippen LogP contribution in [-0.4, -0.2) is 32.6 Å². The molecule has 0 aromatic carbocycles. The lowest BCUT2D eigenvalue weighted by atomic mass is 10.3. The van der Waals surface area contributed by atoms with Crippen molar-refractivity contribution in [2.75, 3.05) is 26.8 Å². The molecule has 1 aliphatic rings. The molecule has 3 nitrogen and oxygen atoms in total. The lowest BCUT2D eigenvalue weighted by Crippen LogP contribution is -2.84. The number of hydrogen-bond acceptors (Lipinski definition) is 2. The molecule has 0 saturated carbocycles. The Hall–Kier alpha value is 0.360. The molecule has 0 aromatic heterocycles. The topological polar surface area (TPSA) is 35.1 Å². The Labute approximate surface area is 71.8 Å². The molecule has 0 aliphatic carbocycles. The third-order valence-corrected chi connectivity index (χ3v) is 1.47. The lowest BCUT2D eigenvalue weighted by Gasteiger charge is -2.18. The van der Waals surface area contributed by atoms with Crippen LogP contribution in [0.2, 0.25) is 0 Å². The highest BCUT2D eigenvalue weighted by Crippen LogP contribution is 2.15. The van der Waals surface area contributed by atoms with E-state index in [0.717, 1.165) is 19.8 Å². The van der Waals surface area contributed by atoms with E-state index >= 15 is 0 Å². The molecule has 0 amide bonds. The quantitative estimate of drug-likeness (QED) is 0.672. The predicted molar refractivity (Wildman–Crippen MR) is 43.3 cm³/mol. The molecule has 0 bridgehead atoms. The number of nitrogens with two attached hydrogens (primary N) is 1. The van der Waals surface area contributed by atoms with Crippen LogP contribution >= 0.6 is 17.0 Å². The molecule has 0 atom stereocenters. The molecule has 1 heterocycles. The van der Waals surface area contributed by atoms with Crippen molar-refractivity contribution in [1.29, 1.82) is 0 Å². The average Bonchev–Trinajstić information content (AvgIpc) is 2.16. The zero-order valence-corrected chi connectivity index (χ0v) is 8.14. The van der Waals surface area contributed by atoms with Gasteiger partial charge in [-0.1, -0.05) is 0 Å². The first kappa shape index (κ1) is 10.4. The van der Waals surface area contributed by atoms with Gasteiger partial charge in [0.2, 0.25) is 5.79 Å². The van der Waals surface area contributed by atoms with Crippen molar-refractivity contribution >= 4 is 17.0 Å². The zero-order chi connectivity index (χ0) is 6.74. The van der Waals surface area contributed by atoms with E-state index in [9.17, 15) is 0 Å². The maximum absolute atomic E-state index is 5.33. The normalized spacial score (nSPS) is 22.2. The molecule has 1 aliphatic heterocycles. The van der Waals surface area contributed by atoms with Crippen LogP contribution in [0.25, 0.3) is 0 Å². The third-order valence-electron chi connectivity index (χ3n) is 1.47. The SMILES string of the molecule is Br.C[NH2+]CC1(C)OCCO1. The van der Waals surface area contributed by atoms with E-state index < -0.39 is 0 Å². The molecule has 1 fully saturated rings. The molecule has 10 heavy (non-hydrogen) atoms. The molecule has 4 heteroatoms. The largest absolute Gasteiger partial charge is 0.344 e. The van der Waals surface area contributed by atoms with E-state index in [-0.39, 0.29) is 22.8 Å². The Morgan fingerprint density at radius 2 is 1.90 bits per heavy atom. The van der Waals surface area contributed by atoms with Gasteiger partial charge in [-0.2, -0.15) is 0 Å². The van der Waals surface area contributed by atoms with Gasteiger partial charge in [0, 0.05) is 0 Å². The molecule has 1 rings (SSSR count). The summed E-state index contributed by atoms with van der Waals surface area (Å²) >= 11 is 0. The minimum absolute atomic E-state index is 0. The maximum Gasteiger partial charge on any atom is 0.215 e. The van der Waals surface area contributed by atoms with Gasteiger partial charge in [0.25, 0.3) is 0 Å². The highest BCUT2D eigenvalue weighted by atomic mass is 79.9. The number of hydrogen-bond donors (Lipinski definition) is 1. The second-order valence-corrected chi connectivity index (χ2v) is 2.44. The highest BCUT2D eigenvalue weighted by molar-refractivity contribution is 8.93. The lowest BCUT2D eigenvalue weighted by molar-refractivity contribution is -0.648. The van der Waals surface area contributed by atoms with Gasteiger partial charge in [-0.25, -0.2) is 0 Å². The van der Waals surface area contributed by atoms with Crippen LogP contribution in [0, 0.1) is 0 Å². The van der Waals surface area contributed by atoms with Crippen molar-refractivity contribution in [3.05, 3.63) is 0 Å². The molecule has 1 saturated heterocycles. The van der Waals surface area contributed by atoms with Gasteiger partial charge in [-0.15, -0.1) is 17.0 Å². The van der Waals surface area contributed by atoms with Crippen molar-refractivity contribution in [2.24, 2.45) is 0 Å². The van der Waals surface area contributed by atoms with Gasteiger partial charge in [-0.3, -0.25) is 0 Å². The monoisotopic (exact) mass is 212 g/mol. The van der Waals surface area contributed by atoms with E-state index in [1.165, 1.54) is 0 Å². The molecular weight excluding hydrogens is 198 g/mol. The Kier molecular flexibility index (Phi) is 4.44. The maximum atomic E-state index is 5.33. The third kappa shape index (κ3) is 2.54. The summed E-state index contributed by atoms with van der Waals surface area (Å²) in [5.41, 5.74) is 0. The summed E-state index contributed by atoms with van der Waals surface area (Å²) in [6.45, 7) is 4.34. The van der Waals surface area contributed by atoms with Crippen LogP contribution in [0.3, 0.4) is 0 Å². The van der Waals surface area contributed by atoms with E-state index in [1.54, 1.807) is 0 Å². The van der Waals surface area contributed by atoms with Gasteiger partial charge in [0.1, 0.15) is 6.54 Å². The number of ether oxygens (including phenoxy) is 2. The minimum Gasteiger partial charge on any atom is -0.344 e. The summed E-state index contributed by atoms with van der Waals surface area (Å²) in [5, 5.41) is 2.06. The first-order valence-corrected chi connectivity index (χ1v) is 3.32. The van der Waals surface area contributed by atoms with Crippen LogP contribution in [0.15, 0.2) is 0 Å². The molecule has 0 spiro atoms. The van der Waals surface area contributed by atoms with Crippen molar-refractivity contribution in [2.45, 2.75) is 12.7 Å². The summed E-state index contributed by atoms with van der Waals surface area (Å²) < 4.78 is 10.7. The summed E-state index contributed by atoms with van der Waals surface area (Å²) in [4.78, 5) is 0. The second-order valence-electron chi connectivity index (χ2n) is 2.44. The summed E-state index contributed by atoms with van der Waals surface area (Å²) in [6, 6.07) is 0. The van der Waals surface area contributed by atoms with Crippen LogP contribution in [0.5, 0.6) is 0 Å². The van der Waals surface area contributed by atoms with Gasteiger partial charge in [0.15, 0.2) is 0 Å². The summed E-state index contributed by atoms with van der Waals surface area (Å²) in [5.74, 6) is -0.311. The first-order chi connectivity index (χ1) is 4.27. The summed E-state index contributed by atoms with van der Waals surface area (Å²) in [7, 11) is 2.01. The number of halogens is 1. The Balaban J connectivity index is 0.000000810. The molecule has 0 unspecified atom stereocenters. The molecule has 0 radical (unpaired) electrons. The second kappa shape index (κ2) is 4.28. The Morgan fingerprint density at radius 1 is 1.40 bits per heavy atom. The van der Waals surface area contributed by atoms with Crippen LogP contribution < -0.4 is 5.32 Å². The zero-order valence-electron chi connectivity index (χ0n) is 6.42. The minimum atomic E-state index is -0.311. The van der Waals surface area contributed by atoms with Gasteiger partial charge in [-0.05, 0) is 6.92 Å². The van der Waals surface area contributed by atoms with Crippen LogP contribution in [-0.2, 0) is 9.47 Å². The fraction of sp³-hybridized carbons (Fsp3) is 1.00. The van der Waals surface area contributed by atoms with Gasteiger partial charge >= 0.3 is 0 Å². The van der Waals surface area contributed by atoms with Crippen LogP contribution in [0.4, 0.5) is 0 Å². The van der Waals surface area contributed by atoms with Crippen molar-refractivity contribution in [1.82, 2.24) is 0 Å². The fourth-order valence-corrected chi connectivity index (χ4v) is 1.05. The number of rotatable bonds is 2. The van der Waals surface area contributed by atoms with E-state index in [2.05, 4.69) is 5.32 Å². The highest BCUT2D eigenvalue weighted by Gasteiger charge is 2.31. The van der Waals surface area contributed by atoms with Gasteiger partial charge < -0.3 is 14.8 Å². The fourth-order valence-electron chi connectivity index (χ4n) is 1.05. The van der Waals surface area contributed by atoms with E-state index in [4.69, 9.17) is 9.47 Å². The molecule has 2 N–H and O–H groups in total. The van der Waals surface area contributed by atoms with Crippen molar-refractivity contribution in [3.8, 4) is 0 Å². The predicted octanol–water partition coefficient (Wildman–Crippen LogP) is -0.480. The number of likely N-dealkylation sites (N-methyl/N-ethyl adjacent to an activating group) is 1. The van der Waals surface area contributed by atoms with Crippen molar-refractivity contribution in [3.63, 3.8) is 0 Å². The van der Waals surface area contributed by atoms with Crippen LogP contribution in [0.1, 0.15) is 6.92 Å². The average molecular weight is 213 g/mol. The molecule has 0 aromatic rings. The first-order valence-electron chi connectivity index (χ1n) is 3.32. The number of quaternary nitrogens is 1. The smallest absolute Gasteiger partial charge is 0.215 e. The molecule has 62 valence electrons. The standard InChI is InChI=1S/C6H13NO2.BrH/c1-6(5-7-2)8-3-4-9-6;/h7H,3-5H2,1-2H3;1H/p+1. The molecular formula is C6H15BrNO2+. The Bertz CT molecular complexity index is 93.7. The van der Waals surface area contributed by atoms with Crippen molar-refractivity contribution < 1.29 is 14.8 Å². The Morgan fingerprint density at radius 3 is 2.30 bits per heavy atom. The van der Waals surface area contributed by atoms with E-state index in [0.29, 0.717) is 0 Å².